The molecule has 1 amide bonds. The van der Waals surface area contributed by atoms with Crippen LogP contribution in [0.4, 0.5) is 0 Å². The van der Waals surface area contributed by atoms with Crippen LogP contribution in [0, 0.1) is 12.8 Å². The van der Waals surface area contributed by atoms with E-state index < -0.39 is 10.0 Å². The number of hydrogen-bond donors (Lipinski definition) is 1. The van der Waals surface area contributed by atoms with Crippen molar-refractivity contribution < 1.29 is 13.2 Å². The third-order valence-electron chi connectivity index (χ3n) is 5.05. The molecule has 0 radical (unpaired) electrons. The summed E-state index contributed by atoms with van der Waals surface area (Å²) in [5.41, 5.74) is 0.679. The number of aryl methyl sites for hydroxylation is 2. The Morgan fingerprint density at radius 2 is 1.86 bits per heavy atom. The van der Waals surface area contributed by atoms with Crippen LogP contribution in [0.2, 0.25) is 10.2 Å². The van der Waals surface area contributed by atoms with Crippen molar-refractivity contribution in [3.05, 3.63) is 46.2 Å². The smallest absolute Gasteiger partial charge is 0.243 e. The molecular weight excluding hydrogens is 435 g/mol. The van der Waals surface area contributed by atoms with Crippen molar-refractivity contribution in [2.75, 3.05) is 19.6 Å². The highest BCUT2D eigenvalue weighted by molar-refractivity contribution is 7.89. The highest BCUT2D eigenvalue weighted by Crippen LogP contribution is 2.25. The highest BCUT2D eigenvalue weighted by atomic mass is 35.5. The quantitative estimate of drug-likeness (QED) is 0.645. The summed E-state index contributed by atoms with van der Waals surface area (Å²) in [6, 6.07) is 8.38. The minimum Gasteiger partial charge on any atom is -0.356 e. The molecule has 1 fully saturated rings. The normalized spacial score (nSPS) is 16.1. The molecule has 0 saturated carbocycles. The van der Waals surface area contributed by atoms with Crippen LogP contribution >= 0.6 is 23.2 Å². The molecule has 0 atom stereocenters. The van der Waals surface area contributed by atoms with Gasteiger partial charge in [0.25, 0.3) is 0 Å². The van der Waals surface area contributed by atoms with Crippen LogP contribution in [-0.4, -0.2) is 48.0 Å². The molecule has 7 nitrogen and oxygen atoms in total. The van der Waals surface area contributed by atoms with Crippen molar-refractivity contribution in [2.24, 2.45) is 5.92 Å². The second-order valence-electron chi connectivity index (χ2n) is 7.05. The zero-order valence-electron chi connectivity index (χ0n) is 16.1. The molecule has 158 valence electrons. The second-order valence-corrected chi connectivity index (χ2v) is 9.72. The summed E-state index contributed by atoms with van der Waals surface area (Å²) >= 11 is 12.1. The Labute approximate surface area is 181 Å². The van der Waals surface area contributed by atoms with Gasteiger partial charge >= 0.3 is 0 Å². The monoisotopic (exact) mass is 458 g/mol. The first-order valence-corrected chi connectivity index (χ1v) is 11.7. The molecule has 1 N–H and O–H groups in total. The Morgan fingerprint density at radius 1 is 1.21 bits per heavy atom. The van der Waals surface area contributed by atoms with E-state index in [2.05, 4.69) is 10.4 Å². The topological polar surface area (TPSA) is 84.3 Å². The maximum atomic E-state index is 12.7. The summed E-state index contributed by atoms with van der Waals surface area (Å²) in [4.78, 5) is 12.7. The molecule has 1 aliphatic heterocycles. The number of amides is 1. The number of benzene rings is 1. The summed E-state index contributed by atoms with van der Waals surface area (Å²) < 4.78 is 28.4. The third kappa shape index (κ3) is 5.12. The molecule has 2 heterocycles. The predicted octanol–water partition coefficient (Wildman–Crippen LogP) is 3.11. The zero-order chi connectivity index (χ0) is 21.0. The molecule has 1 aliphatic rings. The van der Waals surface area contributed by atoms with Crippen LogP contribution in [0.3, 0.4) is 0 Å². The Morgan fingerprint density at radius 3 is 2.45 bits per heavy atom. The van der Waals surface area contributed by atoms with Crippen molar-refractivity contribution in [1.29, 1.82) is 0 Å². The molecule has 3 rings (SSSR count). The number of nitrogens with one attached hydrogen (secondary N) is 1. The maximum Gasteiger partial charge on any atom is 0.243 e. The lowest BCUT2D eigenvalue weighted by Gasteiger charge is -2.30. The fraction of sp³-hybridized carbons (Fsp3) is 0.474. The number of hydrogen-bond acceptors (Lipinski definition) is 4. The van der Waals surface area contributed by atoms with Gasteiger partial charge in [0.05, 0.1) is 10.6 Å². The number of carbonyl (C=O) groups excluding carboxylic acids is 1. The van der Waals surface area contributed by atoms with Gasteiger partial charge in [0, 0.05) is 32.1 Å². The largest absolute Gasteiger partial charge is 0.356 e. The van der Waals surface area contributed by atoms with Crippen molar-refractivity contribution in [3.8, 4) is 0 Å². The highest BCUT2D eigenvalue weighted by Gasteiger charge is 2.31. The summed E-state index contributed by atoms with van der Waals surface area (Å²) in [6.45, 7) is 3.53. The van der Waals surface area contributed by atoms with Gasteiger partial charge in [-0.15, -0.1) is 0 Å². The van der Waals surface area contributed by atoms with Crippen LogP contribution in [0.15, 0.2) is 35.2 Å². The Kier molecular flexibility index (Phi) is 7.21. The molecule has 29 heavy (non-hydrogen) atoms. The molecule has 1 aromatic heterocycles. The molecule has 0 bridgehead atoms. The van der Waals surface area contributed by atoms with Gasteiger partial charge in [0.2, 0.25) is 15.9 Å². The third-order valence-corrected chi connectivity index (χ3v) is 7.89. The van der Waals surface area contributed by atoms with Crippen LogP contribution < -0.4 is 5.32 Å². The van der Waals surface area contributed by atoms with Gasteiger partial charge in [0.15, 0.2) is 0 Å². The van der Waals surface area contributed by atoms with Crippen LogP contribution in [-0.2, 0) is 21.4 Å². The summed E-state index contributed by atoms with van der Waals surface area (Å²) in [7, 11) is -3.50. The zero-order valence-corrected chi connectivity index (χ0v) is 18.5. The maximum absolute atomic E-state index is 12.7. The summed E-state index contributed by atoms with van der Waals surface area (Å²) in [5, 5.41) is 8.03. The van der Waals surface area contributed by atoms with Gasteiger partial charge in [-0.2, -0.15) is 9.40 Å². The molecule has 0 aliphatic carbocycles. The number of piperidine rings is 1. The SMILES string of the molecule is Cc1nn(CCCNC(=O)C2CCN(S(=O)(=O)c3ccccc3)CC2)c(Cl)c1Cl. The van der Waals surface area contributed by atoms with Crippen molar-refractivity contribution in [3.63, 3.8) is 0 Å². The number of aromatic nitrogens is 2. The van der Waals surface area contributed by atoms with Crippen LogP contribution in [0.1, 0.15) is 25.0 Å². The first-order chi connectivity index (χ1) is 13.8. The van der Waals surface area contributed by atoms with E-state index >= 15 is 0 Å². The molecule has 0 unspecified atom stereocenters. The molecular formula is C19H24Cl2N4O3S. The lowest BCUT2D eigenvalue weighted by Crippen LogP contribution is -2.43. The minimum absolute atomic E-state index is 0.0393. The van der Waals surface area contributed by atoms with Crippen molar-refractivity contribution >= 4 is 39.1 Å². The van der Waals surface area contributed by atoms with E-state index in [1.807, 2.05) is 0 Å². The fourth-order valence-corrected chi connectivity index (χ4v) is 5.25. The summed E-state index contributed by atoms with van der Waals surface area (Å²) in [6.07, 6.45) is 1.69. The number of sulfonamides is 1. The lowest BCUT2D eigenvalue weighted by atomic mass is 9.97. The van der Waals surface area contributed by atoms with Gasteiger partial charge in [-0.25, -0.2) is 8.42 Å². The predicted molar refractivity (Wildman–Crippen MR) is 113 cm³/mol. The van der Waals surface area contributed by atoms with Crippen LogP contribution in [0.5, 0.6) is 0 Å². The van der Waals surface area contributed by atoms with Gasteiger partial charge < -0.3 is 5.32 Å². The fourth-order valence-electron chi connectivity index (χ4n) is 3.36. The van der Waals surface area contributed by atoms with Gasteiger partial charge in [-0.1, -0.05) is 41.4 Å². The van der Waals surface area contributed by atoms with E-state index in [4.69, 9.17) is 23.2 Å². The van der Waals surface area contributed by atoms with E-state index in [0.29, 0.717) is 61.3 Å². The number of carbonyl (C=O) groups is 1. The Bertz CT molecular complexity index is 955. The average molecular weight is 459 g/mol. The lowest BCUT2D eigenvalue weighted by molar-refractivity contribution is -0.126. The average Bonchev–Trinajstić information content (AvgIpc) is 2.98. The minimum atomic E-state index is -3.50. The molecule has 1 aromatic carbocycles. The van der Waals surface area contributed by atoms with Crippen molar-refractivity contribution in [2.45, 2.75) is 37.6 Å². The summed E-state index contributed by atoms with van der Waals surface area (Å²) in [5.74, 6) is -0.218. The van der Waals surface area contributed by atoms with Gasteiger partial charge in [-0.05, 0) is 38.3 Å². The first-order valence-electron chi connectivity index (χ1n) is 9.52. The van der Waals surface area contributed by atoms with E-state index in [-0.39, 0.29) is 16.7 Å². The second kappa shape index (κ2) is 9.47. The van der Waals surface area contributed by atoms with E-state index in [1.165, 1.54) is 4.31 Å². The molecule has 2 aromatic rings. The van der Waals surface area contributed by atoms with E-state index in [9.17, 15) is 13.2 Å². The Hall–Kier alpha value is -1.61. The first kappa shape index (κ1) is 22.1. The van der Waals surface area contributed by atoms with Crippen molar-refractivity contribution in [1.82, 2.24) is 19.4 Å². The molecule has 0 spiro atoms. The standard InChI is InChI=1S/C19H24Cl2N4O3S/c1-14-17(20)18(21)25(23-14)11-5-10-22-19(26)15-8-12-24(13-9-15)29(27,28)16-6-3-2-4-7-16/h2-4,6-7,15H,5,8-13H2,1H3,(H,22,26). The number of halogens is 2. The van der Waals surface area contributed by atoms with E-state index in [1.54, 1.807) is 41.9 Å². The number of rotatable bonds is 7. The van der Waals surface area contributed by atoms with Gasteiger partial charge in [0.1, 0.15) is 10.2 Å². The Balaban J connectivity index is 1.44. The molecule has 10 heteroatoms. The van der Waals surface area contributed by atoms with Gasteiger partial charge in [-0.3, -0.25) is 9.48 Å². The van der Waals surface area contributed by atoms with Crippen LogP contribution in [0.25, 0.3) is 0 Å². The molecule has 1 saturated heterocycles. The number of nitrogens with zero attached hydrogens (tertiary/aromatic N) is 3. The van der Waals surface area contributed by atoms with E-state index in [0.717, 1.165) is 0 Å².